The largest absolute Gasteiger partial charge is 0.299 e. The Morgan fingerprint density at radius 2 is 1.77 bits per heavy atom. The third-order valence-electron chi connectivity index (χ3n) is 6.49. The fraction of sp³-hybridized carbons (Fsp3) is 0.571. The molecular formula is C21H28O. The van der Waals surface area contributed by atoms with Crippen LogP contribution in [0, 0.1) is 19.3 Å². The van der Waals surface area contributed by atoms with E-state index in [-0.39, 0.29) is 10.8 Å². The van der Waals surface area contributed by atoms with Gasteiger partial charge in [0.05, 0.1) is 0 Å². The highest BCUT2D eigenvalue weighted by Gasteiger charge is 2.50. The van der Waals surface area contributed by atoms with E-state index in [0.717, 1.165) is 19.3 Å². The Hall–Kier alpha value is -1.37. The maximum atomic E-state index is 12.4. The number of Topliss-reactive ketones (excluding diaryl/α,β-unsaturated/α-hetero) is 1. The summed E-state index contributed by atoms with van der Waals surface area (Å²) in [4.78, 5) is 12.4. The van der Waals surface area contributed by atoms with Crippen LogP contribution in [0.25, 0.3) is 0 Å². The predicted molar refractivity (Wildman–Crippen MR) is 92.4 cm³/mol. The van der Waals surface area contributed by atoms with Gasteiger partial charge in [0.25, 0.3) is 0 Å². The molecule has 0 aliphatic heterocycles. The number of benzene rings is 1. The summed E-state index contributed by atoms with van der Waals surface area (Å²) in [5.74, 6) is 0.721. The molecule has 118 valence electrons. The van der Waals surface area contributed by atoms with Crippen LogP contribution in [-0.4, -0.2) is 5.78 Å². The highest BCUT2D eigenvalue weighted by atomic mass is 16.1. The second kappa shape index (κ2) is 4.81. The quantitative estimate of drug-likeness (QED) is 0.635. The first-order valence-corrected chi connectivity index (χ1v) is 8.55. The lowest BCUT2D eigenvalue weighted by molar-refractivity contribution is -0.125. The molecule has 1 aromatic rings. The van der Waals surface area contributed by atoms with Crippen molar-refractivity contribution in [1.82, 2.24) is 0 Å². The summed E-state index contributed by atoms with van der Waals surface area (Å²) in [6, 6.07) is 4.76. The Kier molecular flexibility index (Phi) is 3.39. The Morgan fingerprint density at radius 3 is 2.41 bits per heavy atom. The third kappa shape index (κ3) is 1.94. The predicted octanol–water partition coefficient (Wildman–Crippen LogP) is 5.38. The number of hydrogen-bond donors (Lipinski definition) is 0. The number of aryl methyl sites for hydroxylation is 2. The van der Waals surface area contributed by atoms with Gasteiger partial charge in [-0.05, 0) is 74.3 Å². The summed E-state index contributed by atoms with van der Waals surface area (Å²) in [5, 5.41) is 0. The van der Waals surface area contributed by atoms with Gasteiger partial charge in [-0.15, -0.1) is 0 Å². The minimum Gasteiger partial charge on any atom is -0.299 e. The number of allylic oxidation sites excluding steroid dienone is 2. The summed E-state index contributed by atoms with van der Waals surface area (Å²) < 4.78 is 0. The minimum absolute atomic E-state index is 0.0268. The van der Waals surface area contributed by atoms with Gasteiger partial charge in [-0.3, -0.25) is 4.79 Å². The zero-order valence-electron chi connectivity index (χ0n) is 14.8. The average Bonchev–Trinajstić information content (AvgIpc) is 2.44. The maximum absolute atomic E-state index is 12.4. The number of hydrogen-bond acceptors (Lipinski definition) is 1. The summed E-state index contributed by atoms with van der Waals surface area (Å²) in [6.07, 6.45) is 5.68. The molecule has 1 nitrogen and oxygen atoms in total. The van der Waals surface area contributed by atoms with Crippen molar-refractivity contribution < 1.29 is 4.79 Å². The van der Waals surface area contributed by atoms with Crippen LogP contribution in [0.2, 0.25) is 0 Å². The van der Waals surface area contributed by atoms with Gasteiger partial charge in [-0.1, -0.05) is 38.5 Å². The molecule has 2 unspecified atom stereocenters. The standard InChI is InChI=1S/C21H28O/c1-13-10-17-15(3)12-19-20(5,16(4)22)8-7-9-21(19,6)18(17)11-14(13)2/h10-12,15H,7-9H2,1-6H3/t15?,20-,21?/m1/s1. The normalized spacial score (nSPS) is 33.7. The van der Waals surface area contributed by atoms with E-state index in [1.165, 1.54) is 27.8 Å². The molecule has 0 spiro atoms. The van der Waals surface area contributed by atoms with E-state index in [1.807, 2.05) is 0 Å². The highest BCUT2D eigenvalue weighted by Crippen LogP contribution is 2.57. The third-order valence-corrected chi connectivity index (χ3v) is 6.49. The van der Waals surface area contributed by atoms with Crippen LogP contribution in [0.3, 0.4) is 0 Å². The molecule has 0 radical (unpaired) electrons. The second-order valence-electron chi connectivity index (χ2n) is 7.97. The number of carbonyl (C=O) groups is 1. The van der Waals surface area contributed by atoms with Gasteiger partial charge in [-0.2, -0.15) is 0 Å². The van der Waals surface area contributed by atoms with Crippen molar-refractivity contribution >= 4 is 5.78 Å². The zero-order chi connectivity index (χ0) is 16.3. The summed E-state index contributed by atoms with van der Waals surface area (Å²) >= 11 is 0. The number of fused-ring (bicyclic) bond motifs is 3. The topological polar surface area (TPSA) is 17.1 Å². The van der Waals surface area contributed by atoms with Crippen molar-refractivity contribution in [3.8, 4) is 0 Å². The molecule has 1 saturated carbocycles. The van der Waals surface area contributed by atoms with E-state index in [9.17, 15) is 4.79 Å². The molecule has 0 aromatic heterocycles. The van der Waals surface area contributed by atoms with Gasteiger partial charge in [-0.25, -0.2) is 0 Å². The number of carbonyl (C=O) groups excluding carboxylic acids is 1. The van der Waals surface area contributed by atoms with Gasteiger partial charge >= 0.3 is 0 Å². The minimum atomic E-state index is -0.280. The van der Waals surface area contributed by atoms with Crippen molar-refractivity contribution in [3.05, 3.63) is 46.0 Å². The first-order chi connectivity index (χ1) is 10.2. The first kappa shape index (κ1) is 15.5. The van der Waals surface area contributed by atoms with Crippen LogP contribution in [0.1, 0.15) is 75.1 Å². The Balaban J connectivity index is 2.26. The number of ketones is 1. The lowest BCUT2D eigenvalue weighted by Gasteiger charge is -2.50. The van der Waals surface area contributed by atoms with E-state index >= 15 is 0 Å². The van der Waals surface area contributed by atoms with Crippen LogP contribution < -0.4 is 0 Å². The Morgan fingerprint density at radius 1 is 1.14 bits per heavy atom. The number of rotatable bonds is 1. The van der Waals surface area contributed by atoms with E-state index < -0.39 is 0 Å². The van der Waals surface area contributed by atoms with Crippen molar-refractivity contribution in [1.29, 1.82) is 0 Å². The fourth-order valence-corrected chi connectivity index (χ4v) is 4.72. The van der Waals surface area contributed by atoms with E-state index in [2.05, 4.69) is 52.8 Å². The van der Waals surface area contributed by atoms with Gasteiger partial charge in [0.1, 0.15) is 5.78 Å². The van der Waals surface area contributed by atoms with Crippen LogP contribution in [-0.2, 0) is 10.2 Å². The molecule has 0 saturated heterocycles. The fourth-order valence-electron chi connectivity index (χ4n) is 4.72. The molecule has 2 aliphatic carbocycles. The van der Waals surface area contributed by atoms with E-state index in [1.54, 1.807) is 6.92 Å². The molecule has 0 N–H and O–H groups in total. The summed E-state index contributed by atoms with van der Waals surface area (Å²) in [7, 11) is 0. The Bertz CT molecular complexity index is 681. The monoisotopic (exact) mass is 296 g/mol. The van der Waals surface area contributed by atoms with Gasteiger partial charge in [0, 0.05) is 10.8 Å². The lowest BCUT2D eigenvalue weighted by atomic mass is 9.52. The zero-order valence-corrected chi connectivity index (χ0v) is 14.8. The molecule has 1 fully saturated rings. The lowest BCUT2D eigenvalue weighted by Crippen LogP contribution is -2.45. The SMILES string of the molecule is CC(=O)[C@@]1(C)CCCC2(C)C1=CC(C)c1cc(C)c(C)cc12. The van der Waals surface area contributed by atoms with Crippen molar-refractivity contribution in [3.63, 3.8) is 0 Å². The van der Waals surface area contributed by atoms with Gasteiger partial charge in [0.15, 0.2) is 0 Å². The maximum Gasteiger partial charge on any atom is 0.139 e. The molecule has 1 heteroatoms. The van der Waals surface area contributed by atoms with Crippen LogP contribution in [0.15, 0.2) is 23.8 Å². The molecule has 1 aromatic carbocycles. The highest BCUT2D eigenvalue weighted by molar-refractivity contribution is 5.86. The smallest absolute Gasteiger partial charge is 0.139 e. The van der Waals surface area contributed by atoms with Gasteiger partial charge < -0.3 is 0 Å². The molecule has 0 heterocycles. The molecule has 3 atom stereocenters. The molecule has 0 bridgehead atoms. The second-order valence-corrected chi connectivity index (χ2v) is 7.97. The van der Waals surface area contributed by atoms with E-state index in [4.69, 9.17) is 0 Å². The van der Waals surface area contributed by atoms with Crippen molar-refractivity contribution in [2.45, 2.75) is 72.1 Å². The van der Waals surface area contributed by atoms with Crippen LogP contribution >= 0.6 is 0 Å². The van der Waals surface area contributed by atoms with Crippen LogP contribution in [0.4, 0.5) is 0 Å². The first-order valence-electron chi connectivity index (χ1n) is 8.55. The molecule has 3 rings (SSSR count). The molecule has 22 heavy (non-hydrogen) atoms. The molecule has 2 aliphatic rings. The average molecular weight is 296 g/mol. The van der Waals surface area contributed by atoms with Crippen LogP contribution in [0.5, 0.6) is 0 Å². The van der Waals surface area contributed by atoms with Gasteiger partial charge in [0.2, 0.25) is 0 Å². The molecular weight excluding hydrogens is 268 g/mol. The summed E-state index contributed by atoms with van der Waals surface area (Å²) in [6.45, 7) is 13.0. The summed E-state index contributed by atoms with van der Waals surface area (Å²) in [5.41, 5.74) is 6.79. The Labute approximate surface area is 134 Å². The van der Waals surface area contributed by atoms with Crippen molar-refractivity contribution in [2.75, 3.05) is 0 Å². The van der Waals surface area contributed by atoms with E-state index in [0.29, 0.717) is 11.7 Å². The molecule has 0 amide bonds. The van der Waals surface area contributed by atoms with Crippen molar-refractivity contribution in [2.24, 2.45) is 5.41 Å².